The van der Waals surface area contributed by atoms with E-state index in [4.69, 9.17) is 4.98 Å². The number of nitrogens with zero attached hydrogens (tertiary/aromatic N) is 1. The van der Waals surface area contributed by atoms with Crippen LogP contribution >= 0.6 is 22.7 Å². The molecule has 0 saturated heterocycles. The predicted octanol–water partition coefficient (Wildman–Crippen LogP) is 13.5. The maximum atomic E-state index is 12.2. The van der Waals surface area contributed by atoms with Crippen LogP contribution in [-0.4, -0.2) is 15.9 Å². The molecule has 261 valence electrons. The van der Waals surface area contributed by atoms with Crippen LogP contribution in [0.5, 0.6) is 0 Å². The van der Waals surface area contributed by atoms with Crippen LogP contribution in [-0.2, 0) is 30.3 Å². The van der Waals surface area contributed by atoms with Gasteiger partial charge in [0.15, 0.2) is 5.78 Å². The molecule has 0 aliphatic carbocycles. The molecule has 1 radical (unpaired) electrons. The Morgan fingerprint density at radius 1 is 0.837 bits per heavy atom. The molecule has 0 aliphatic rings. The fourth-order valence-electron chi connectivity index (χ4n) is 6.27. The average Bonchev–Trinajstić information content (AvgIpc) is 3.66. The number of carbonyl (C=O) groups is 1. The number of rotatable bonds is 8. The van der Waals surface area contributed by atoms with Crippen molar-refractivity contribution in [2.45, 2.75) is 100 Å². The van der Waals surface area contributed by atoms with Crippen molar-refractivity contribution >= 4 is 69.5 Å². The van der Waals surface area contributed by atoms with Gasteiger partial charge in [-0.25, -0.2) is 0 Å². The summed E-state index contributed by atoms with van der Waals surface area (Å²) in [6.07, 6.45) is 6.70. The van der Waals surface area contributed by atoms with Crippen LogP contribution in [0.4, 0.5) is 0 Å². The minimum Gasteiger partial charge on any atom is -0.512 e. The standard InChI is InChI=1S/C28H22NS2.C15H28O2.Ir/c1-16-13-18-9-10-21-24-23(31-27(21)26(18)30-16)11-12-29-25(24)19-14-17-7-5-6-8-20(17)22(15-19)28(2,3)4;1-7-14(5,8-2)12(16)11-13(17)15(6,9-3)10-4;/h5-13,15H,1-4H3;11,16H,7-10H2,1-6H3;/q-1;;/b;12-11-;. The van der Waals surface area contributed by atoms with Crippen LogP contribution < -0.4 is 0 Å². The van der Waals surface area contributed by atoms with Crippen molar-refractivity contribution < 1.29 is 30.0 Å². The van der Waals surface area contributed by atoms with Crippen LogP contribution in [0.25, 0.3) is 52.3 Å². The molecule has 0 atom stereocenters. The Hall–Kier alpha value is -2.89. The van der Waals surface area contributed by atoms with Crippen molar-refractivity contribution in [1.82, 2.24) is 4.98 Å². The van der Waals surface area contributed by atoms with Crippen molar-refractivity contribution in [1.29, 1.82) is 0 Å². The first-order chi connectivity index (χ1) is 22.7. The minimum atomic E-state index is -0.337. The molecule has 0 spiro atoms. The molecule has 0 unspecified atom stereocenters. The number of ketones is 1. The van der Waals surface area contributed by atoms with E-state index in [1.807, 2.05) is 70.4 Å². The van der Waals surface area contributed by atoms with E-state index < -0.39 is 0 Å². The van der Waals surface area contributed by atoms with Gasteiger partial charge < -0.3 is 5.11 Å². The van der Waals surface area contributed by atoms with E-state index in [0.717, 1.165) is 42.3 Å². The van der Waals surface area contributed by atoms with Crippen LogP contribution in [0.15, 0.2) is 72.6 Å². The zero-order chi connectivity index (χ0) is 35.0. The predicted molar refractivity (Wildman–Crippen MR) is 211 cm³/mol. The topological polar surface area (TPSA) is 50.2 Å². The molecule has 0 fully saturated rings. The maximum absolute atomic E-state index is 12.2. The van der Waals surface area contributed by atoms with E-state index in [0.29, 0.717) is 0 Å². The van der Waals surface area contributed by atoms with Gasteiger partial charge in [-0.05, 0) is 66.3 Å². The summed E-state index contributed by atoms with van der Waals surface area (Å²) in [7, 11) is 0. The molecule has 0 amide bonds. The van der Waals surface area contributed by atoms with Crippen molar-refractivity contribution in [3.8, 4) is 11.3 Å². The van der Waals surface area contributed by atoms with Gasteiger partial charge in [0.2, 0.25) is 0 Å². The van der Waals surface area contributed by atoms with Crippen molar-refractivity contribution in [3.63, 3.8) is 0 Å². The quantitative estimate of drug-likeness (QED) is 0.0942. The molecule has 49 heavy (non-hydrogen) atoms. The van der Waals surface area contributed by atoms with Crippen LogP contribution in [0.3, 0.4) is 0 Å². The molecule has 0 saturated carbocycles. The largest absolute Gasteiger partial charge is 0.512 e. The number of thiophene rings is 2. The zero-order valence-electron chi connectivity index (χ0n) is 30.6. The van der Waals surface area contributed by atoms with Gasteiger partial charge in [-0.2, -0.15) is 0 Å². The van der Waals surface area contributed by atoms with E-state index >= 15 is 0 Å². The minimum absolute atomic E-state index is 0. The summed E-state index contributed by atoms with van der Waals surface area (Å²) in [4.78, 5) is 18.4. The van der Waals surface area contributed by atoms with Crippen molar-refractivity contribution in [3.05, 3.63) is 89.1 Å². The summed E-state index contributed by atoms with van der Waals surface area (Å²) in [5.74, 6) is 0.286. The second-order valence-corrected chi connectivity index (χ2v) is 17.0. The monoisotopic (exact) mass is 869 g/mol. The van der Waals surface area contributed by atoms with Gasteiger partial charge in [0, 0.05) is 58.5 Å². The van der Waals surface area contributed by atoms with Gasteiger partial charge in [0.25, 0.3) is 0 Å². The Balaban J connectivity index is 0.000000260. The SMILES string of the molecule is CCC(C)(CC)C(=O)/C=C(\O)C(C)(CC)CC.Cc1cc2ccc3c(sc4ccnc(-c5[c-]c6ccccc6c(C(C)(C)C)c5)c43)c2s1.[Ir]. The molecule has 3 nitrogen and oxygen atoms in total. The molecular formula is C43H50IrNO2S2-. The number of allylic oxidation sites excluding steroid dienone is 2. The number of aliphatic hydroxyl groups is 1. The molecule has 3 aromatic heterocycles. The second-order valence-electron chi connectivity index (χ2n) is 14.7. The molecule has 6 heteroatoms. The van der Waals surface area contributed by atoms with Gasteiger partial charge in [-0.15, -0.1) is 51.8 Å². The smallest absolute Gasteiger partial charge is 0.164 e. The summed E-state index contributed by atoms with van der Waals surface area (Å²) in [6, 6.07) is 23.6. The van der Waals surface area contributed by atoms with Crippen molar-refractivity contribution in [2.75, 3.05) is 0 Å². The van der Waals surface area contributed by atoms with Gasteiger partial charge >= 0.3 is 0 Å². The van der Waals surface area contributed by atoms with Crippen molar-refractivity contribution in [2.24, 2.45) is 10.8 Å². The number of carbonyl (C=O) groups excluding carboxylic acids is 1. The fourth-order valence-corrected chi connectivity index (χ4v) is 8.62. The van der Waals surface area contributed by atoms with Crippen LogP contribution in [0, 0.1) is 23.8 Å². The Labute approximate surface area is 314 Å². The first kappa shape index (κ1) is 38.9. The second kappa shape index (κ2) is 15.2. The number of aryl methyl sites for hydroxylation is 1. The van der Waals surface area contributed by atoms with E-state index in [9.17, 15) is 9.90 Å². The molecule has 6 aromatic rings. The van der Waals surface area contributed by atoms with Crippen LogP contribution in [0.1, 0.15) is 98.4 Å². The van der Waals surface area contributed by atoms with Gasteiger partial charge in [0.05, 0.1) is 9.40 Å². The van der Waals surface area contributed by atoms with E-state index in [1.54, 1.807) is 0 Å². The third-order valence-electron chi connectivity index (χ3n) is 10.6. The molecule has 3 heterocycles. The number of pyridine rings is 1. The number of benzene rings is 3. The molecular weight excluding hydrogens is 819 g/mol. The van der Waals surface area contributed by atoms with E-state index in [2.05, 4.69) is 88.4 Å². The number of aromatic nitrogens is 1. The van der Waals surface area contributed by atoms with Gasteiger partial charge in [-0.3, -0.25) is 9.78 Å². The summed E-state index contributed by atoms with van der Waals surface area (Å²) >= 11 is 3.77. The normalized spacial score (nSPS) is 12.7. The number of aliphatic hydroxyl groups excluding tert-OH is 1. The summed E-state index contributed by atoms with van der Waals surface area (Å²) in [5, 5.41) is 16.5. The molecule has 0 bridgehead atoms. The summed E-state index contributed by atoms with van der Waals surface area (Å²) in [5.41, 5.74) is 2.89. The third-order valence-corrected chi connectivity index (χ3v) is 13.0. The first-order valence-electron chi connectivity index (χ1n) is 17.3. The number of fused-ring (bicyclic) bond motifs is 6. The Bertz CT molecular complexity index is 2140. The van der Waals surface area contributed by atoms with Gasteiger partial charge in [0.1, 0.15) is 5.76 Å². The summed E-state index contributed by atoms with van der Waals surface area (Å²) in [6.45, 7) is 21.1. The Morgan fingerprint density at radius 2 is 1.49 bits per heavy atom. The molecule has 0 aliphatic heterocycles. The molecule has 6 rings (SSSR count). The number of hydrogen-bond donors (Lipinski definition) is 1. The van der Waals surface area contributed by atoms with E-state index in [1.165, 1.54) is 52.2 Å². The Kier molecular flexibility index (Phi) is 12.0. The summed E-state index contributed by atoms with van der Waals surface area (Å²) < 4.78 is 4.05. The van der Waals surface area contributed by atoms with E-state index in [-0.39, 0.29) is 47.9 Å². The zero-order valence-corrected chi connectivity index (χ0v) is 34.7. The van der Waals surface area contributed by atoms with Crippen LogP contribution in [0.2, 0.25) is 0 Å². The molecule has 3 aromatic carbocycles. The first-order valence-corrected chi connectivity index (χ1v) is 18.9. The Morgan fingerprint density at radius 3 is 2.12 bits per heavy atom. The number of hydrogen-bond acceptors (Lipinski definition) is 5. The molecule has 1 N–H and O–H groups in total. The maximum Gasteiger partial charge on any atom is 0.164 e. The third kappa shape index (κ3) is 7.59. The fraction of sp³-hybridized carbons (Fsp3) is 0.395. The average molecular weight is 869 g/mol. The van der Waals surface area contributed by atoms with Gasteiger partial charge in [-0.1, -0.05) is 104 Å².